The van der Waals surface area contributed by atoms with E-state index in [1.165, 1.54) is 12.1 Å². The van der Waals surface area contributed by atoms with Crippen molar-refractivity contribution in [1.82, 2.24) is 15.1 Å². The molecule has 0 spiro atoms. The second-order valence-electron chi connectivity index (χ2n) is 7.82. The zero-order valence-electron chi connectivity index (χ0n) is 16.5. The lowest BCUT2D eigenvalue weighted by Gasteiger charge is -2.22. The molecule has 2 rings (SSSR count). The van der Waals surface area contributed by atoms with Crippen molar-refractivity contribution in [3.8, 4) is 0 Å². The van der Waals surface area contributed by atoms with E-state index in [2.05, 4.69) is 10.2 Å². The number of carbonyl (C=O) groups excluding carboxylic acids is 2. The molecule has 2 amide bonds. The number of nitrogens with one attached hydrogen (secondary N) is 1. The first kappa shape index (κ1) is 21.2. The Bertz CT molecular complexity index is 628. The van der Waals surface area contributed by atoms with E-state index in [0.29, 0.717) is 13.1 Å². The zero-order valence-corrected chi connectivity index (χ0v) is 16.5. The minimum Gasteiger partial charge on any atom is -0.444 e. The van der Waals surface area contributed by atoms with E-state index in [0.717, 1.165) is 31.6 Å². The molecule has 150 valence electrons. The molecule has 0 unspecified atom stereocenters. The van der Waals surface area contributed by atoms with Gasteiger partial charge in [-0.2, -0.15) is 0 Å². The van der Waals surface area contributed by atoms with Gasteiger partial charge < -0.3 is 15.0 Å². The van der Waals surface area contributed by atoms with Crippen LogP contribution in [0.5, 0.6) is 0 Å². The maximum absolute atomic E-state index is 13.0. The zero-order chi connectivity index (χ0) is 19.9. The number of hydrogen-bond acceptors (Lipinski definition) is 4. The van der Waals surface area contributed by atoms with Crippen LogP contribution in [0.2, 0.25) is 0 Å². The topological polar surface area (TPSA) is 61.9 Å². The Balaban J connectivity index is 1.72. The van der Waals surface area contributed by atoms with Crippen molar-refractivity contribution in [2.75, 3.05) is 32.7 Å². The summed E-state index contributed by atoms with van der Waals surface area (Å²) in [6.07, 6.45) is 0.653. The van der Waals surface area contributed by atoms with E-state index in [-0.39, 0.29) is 24.7 Å². The number of alkyl carbamates (subject to hydrolysis) is 1. The average molecular weight is 379 g/mol. The summed E-state index contributed by atoms with van der Waals surface area (Å²) in [7, 11) is 0. The fraction of sp³-hybridized carbons (Fsp3) is 0.600. The molecular formula is C20H30FN3O3. The van der Waals surface area contributed by atoms with Crippen molar-refractivity contribution in [2.24, 2.45) is 0 Å². The Labute approximate surface area is 160 Å². The van der Waals surface area contributed by atoms with Gasteiger partial charge in [-0.3, -0.25) is 9.69 Å². The van der Waals surface area contributed by atoms with Gasteiger partial charge in [0.2, 0.25) is 5.91 Å². The van der Waals surface area contributed by atoms with Gasteiger partial charge in [-0.15, -0.1) is 0 Å². The van der Waals surface area contributed by atoms with Crippen LogP contribution < -0.4 is 5.32 Å². The molecule has 27 heavy (non-hydrogen) atoms. The summed E-state index contributed by atoms with van der Waals surface area (Å²) >= 11 is 0. The minimum atomic E-state index is -0.549. The second-order valence-corrected chi connectivity index (χ2v) is 7.82. The van der Waals surface area contributed by atoms with E-state index in [9.17, 15) is 14.0 Å². The van der Waals surface area contributed by atoms with Crippen LogP contribution in [-0.2, 0) is 16.1 Å². The molecule has 6 nitrogen and oxygen atoms in total. The lowest BCUT2D eigenvalue weighted by molar-refractivity contribution is -0.130. The molecule has 1 aromatic carbocycles. The number of carbonyl (C=O) groups is 2. The van der Waals surface area contributed by atoms with E-state index in [1.807, 2.05) is 4.90 Å². The van der Waals surface area contributed by atoms with Crippen LogP contribution in [0.15, 0.2) is 24.3 Å². The Hall–Kier alpha value is -2.15. The molecule has 7 heteroatoms. The fourth-order valence-electron chi connectivity index (χ4n) is 2.97. The average Bonchev–Trinajstić information content (AvgIpc) is 2.81. The van der Waals surface area contributed by atoms with Crippen molar-refractivity contribution in [2.45, 2.75) is 45.8 Å². The number of halogens is 1. The number of hydrogen-bond donors (Lipinski definition) is 1. The van der Waals surface area contributed by atoms with Crippen LogP contribution >= 0.6 is 0 Å². The van der Waals surface area contributed by atoms with Crippen LogP contribution in [-0.4, -0.2) is 60.1 Å². The molecule has 1 saturated heterocycles. The second kappa shape index (κ2) is 9.69. The third kappa shape index (κ3) is 7.95. The highest BCUT2D eigenvalue weighted by Crippen LogP contribution is 2.11. The number of nitrogens with zero attached hydrogens (tertiary/aromatic N) is 2. The first-order valence-corrected chi connectivity index (χ1v) is 9.44. The molecule has 0 saturated carbocycles. The molecule has 1 aliphatic rings. The van der Waals surface area contributed by atoms with E-state index < -0.39 is 11.7 Å². The van der Waals surface area contributed by atoms with Crippen LogP contribution in [0.1, 0.15) is 39.2 Å². The van der Waals surface area contributed by atoms with Crippen LogP contribution in [0, 0.1) is 5.82 Å². The number of ether oxygens (including phenoxy) is 1. The molecule has 0 aromatic heterocycles. The summed E-state index contributed by atoms with van der Waals surface area (Å²) in [6.45, 7) is 9.47. The fourth-order valence-corrected chi connectivity index (χ4v) is 2.97. The van der Waals surface area contributed by atoms with Crippen molar-refractivity contribution in [3.05, 3.63) is 35.6 Å². The predicted molar refractivity (Wildman–Crippen MR) is 102 cm³/mol. The lowest BCUT2D eigenvalue weighted by Crippen LogP contribution is -2.38. The summed E-state index contributed by atoms with van der Waals surface area (Å²) in [6, 6.07) is 6.54. The van der Waals surface area contributed by atoms with Crippen LogP contribution in [0.25, 0.3) is 0 Å². The van der Waals surface area contributed by atoms with Gasteiger partial charge in [-0.05, 0) is 44.9 Å². The highest BCUT2D eigenvalue weighted by Gasteiger charge is 2.20. The predicted octanol–water partition coefficient (Wildman–Crippen LogP) is 2.77. The summed E-state index contributed by atoms with van der Waals surface area (Å²) < 4.78 is 18.2. The highest BCUT2D eigenvalue weighted by atomic mass is 19.1. The maximum atomic E-state index is 13.0. The maximum Gasteiger partial charge on any atom is 0.407 e. The van der Waals surface area contributed by atoms with Crippen molar-refractivity contribution < 1.29 is 18.7 Å². The molecule has 1 N–H and O–H groups in total. The van der Waals surface area contributed by atoms with Crippen LogP contribution in [0.3, 0.4) is 0 Å². The molecule has 1 aliphatic heterocycles. The van der Waals surface area contributed by atoms with Crippen molar-refractivity contribution in [3.63, 3.8) is 0 Å². The van der Waals surface area contributed by atoms with Gasteiger partial charge in [0.1, 0.15) is 11.4 Å². The molecular weight excluding hydrogens is 349 g/mol. The van der Waals surface area contributed by atoms with Crippen molar-refractivity contribution in [1.29, 1.82) is 0 Å². The smallest absolute Gasteiger partial charge is 0.407 e. The summed E-state index contributed by atoms with van der Waals surface area (Å²) in [5.74, 6) is -0.193. The number of amides is 2. The Morgan fingerprint density at radius 1 is 1.11 bits per heavy atom. The standard InChI is InChI=1S/C20H30FN3O3/c1-20(2,3)27-19(26)22-10-9-18(25)24-12-4-11-23(13-14-24)15-16-5-7-17(21)8-6-16/h5-8H,4,9-15H2,1-3H3,(H,22,26). The normalized spacial score (nSPS) is 15.9. The van der Waals surface area contributed by atoms with E-state index >= 15 is 0 Å². The Kier molecular flexibility index (Phi) is 7.59. The van der Waals surface area contributed by atoms with Crippen LogP contribution in [0.4, 0.5) is 9.18 Å². The number of rotatable bonds is 5. The van der Waals surface area contributed by atoms with Gasteiger partial charge in [0.25, 0.3) is 0 Å². The summed E-state index contributed by atoms with van der Waals surface area (Å²) in [5.41, 5.74) is 0.519. The molecule has 1 heterocycles. The lowest BCUT2D eigenvalue weighted by atomic mass is 10.2. The number of benzene rings is 1. The summed E-state index contributed by atoms with van der Waals surface area (Å²) in [5, 5.41) is 2.62. The molecule has 0 aliphatic carbocycles. The Morgan fingerprint density at radius 2 is 1.81 bits per heavy atom. The van der Waals surface area contributed by atoms with Gasteiger partial charge in [0.15, 0.2) is 0 Å². The molecule has 0 radical (unpaired) electrons. The monoisotopic (exact) mass is 379 g/mol. The van der Waals surface area contributed by atoms with Gasteiger partial charge in [-0.25, -0.2) is 9.18 Å². The van der Waals surface area contributed by atoms with E-state index in [1.54, 1.807) is 32.9 Å². The van der Waals surface area contributed by atoms with E-state index in [4.69, 9.17) is 4.74 Å². The third-order valence-electron chi connectivity index (χ3n) is 4.27. The minimum absolute atomic E-state index is 0.0368. The highest BCUT2D eigenvalue weighted by molar-refractivity contribution is 5.77. The van der Waals surface area contributed by atoms with Gasteiger partial charge in [0.05, 0.1) is 0 Å². The third-order valence-corrected chi connectivity index (χ3v) is 4.27. The molecule has 1 aromatic rings. The SMILES string of the molecule is CC(C)(C)OC(=O)NCCC(=O)N1CCCN(Cc2ccc(F)cc2)CC1. The molecule has 1 fully saturated rings. The first-order valence-electron chi connectivity index (χ1n) is 9.44. The van der Waals surface area contributed by atoms with Gasteiger partial charge in [-0.1, -0.05) is 12.1 Å². The summed E-state index contributed by atoms with van der Waals surface area (Å²) in [4.78, 5) is 28.1. The largest absolute Gasteiger partial charge is 0.444 e. The first-order chi connectivity index (χ1) is 12.7. The molecule has 0 bridgehead atoms. The van der Waals surface area contributed by atoms with Crippen molar-refractivity contribution >= 4 is 12.0 Å². The van der Waals surface area contributed by atoms with Gasteiger partial charge in [0, 0.05) is 45.7 Å². The molecule has 0 atom stereocenters. The van der Waals surface area contributed by atoms with Gasteiger partial charge >= 0.3 is 6.09 Å². The quantitative estimate of drug-likeness (QED) is 0.855. The Morgan fingerprint density at radius 3 is 2.48 bits per heavy atom.